The molecule has 2 atom stereocenters. The Morgan fingerprint density at radius 1 is 1.53 bits per heavy atom. The average molecular weight is 259 g/mol. The van der Waals surface area contributed by atoms with Crippen molar-refractivity contribution in [1.29, 1.82) is 5.26 Å². The van der Waals surface area contributed by atoms with E-state index in [4.69, 9.17) is 0 Å². The van der Waals surface area contributed by atoms with Crippen molar-refractivity contribution in [2.24, 2.45) is 0 Å². The number of aliphatic hydroxyl groups excluding tert-OH is 1. The lowest BCUT2D eigenvalue weighted by Gasteiger charge is -2.34. The van der Waals surface area contributed by atoms with Gasteiger partial charge in [-0.15, -0.1) is 0 Å². The van der Waals surface area contributed by atoms with Gasteiger partial charge in [-0.2, -0.15) is 5.26 Å². The van der Waals surface area contributed by atoms with Crippen molar-refractivity contribution in [3.05, 3.63) is 29.8 Å². The number of rotatable bonds is 2. The number of nitriles is 1. The molecule has 2 N–H and O–H groups in total. The number of benzene rings is 1. The van der Waals surface area contributed by atoms with Gasteiger partial charge >= 0.3 is 0 Å². The molecule has 1 fully saturated rings. The first-order chi connectivity index (χ1) is 9.19. The van der Waals surface area contributed by atoms with Gasteiger partial charge in [0.15, 0.2) is 0 Å². The highest BCUT2D eigenvalue weighted by Gasteiger charge is 2.32. The number of carbonyl (C=O) groups excluding carboxylic acids is 1. The van der Waals surface area contributed by atoms with Gasteiger partial charge in [0, 0.05) is 12.6 Å². The summed E-state index contributed by atoms with van der Waals surface area (Å²) in [6, 6.07) is 8.73. The van der Waals surface area contributed by atoms with Gasteiger partial charge in [-0.3, -0.25) is 4.79 Å². The van der Waals surface area contributed by atoms with E-state index in [1.54, 1.807) is 12.1 Å². The number of carbonyl (C=O) groups is 1. The van der Waals surface area contributed by atoms with Crippen molar-refractivity contribution in [2.75, 3.05) is 18.1 Å². The van der Waals surface area contributed by atoms with Crippen LogP contribution in [0.3, 0.4) is 0 Å². The molecule has 19 heavy (non-hydrogen) atoms. The Labute approximate surface area is 112 Å². The maximum Gasteiger partial charge on any atom is 0.245 e. The fraction of sp³-hybridized carbons (Fsp3) is 0.429. The number of hydrogen-bond acceptors (Lipinski definition) is 4. The minimum atomic E-state index is -0.646. The summed E-state index contributed by atoms with van der Waals surface area (Å²) in [5, 5.41) is 21.5. The summed E-state index contributed by atoms with van der Waals surface area (Å²) in [4.78, 5) is 13.8. The van der Waals surface area contributed by atoms with Crippen LogP contribution in [0.4, 0.5) is 5.69 Å². The van der Waals surface area contributed by atoms with E-state index in [1.165, 1.54) is 0 Å². The van der Waals surface area contributed by atoms with Crippen LogP contribution in [0.1, 0.15) is 18.9 Å². The number of anilines is 1. The maximum atomic E-state index is 12.0. The molecule has 1 heterocycles. The third-order valence-corrected chi connectivity index (χ3v) is 3.45. The van der Waals surface area contributed by atoms with E-state index in [0.29, 0.717) is 17.8 Å². The Kier molecular flexibility index (Phi) is 4.03. The third kappa shape index (κ3) is 2.54. The van der Waals surface area contributed by atoms with Crippen molar-refractivity contribution in [3.8, 4) is 6.07 Å². The quantitative estimate of drug-likeness (QED) is 0.817. The molecule has 5 heteroatoms. The third-order valence-electron chi connectivity index (χ3n) is 3.45. The summed E-state index contributed by atoms with van der Waals surface area (Å²) in [5.74, 6) is -0.195. The first-order valence-corrected chi connectivity index (χ1v) is 6.35. The number of nitrogens with one attached hydrogen (secondary N) is 1. The highest BCUT2D eigenvalue weighted by Crippen LogP contribution is 2.26. The fourth-order valence-electron chi connectivity index (χ4n) is 2.46. The molecule has 1 aliphatic rings. The summed E-state index contributed by atoms with van der Waals surface area (Å²) >= 11 is 0. The van der Waals surface area contributed by atoms with Crippen LogP contribution in [-0.2, 0) is 4.79 Å². The minimum Gasteiger partial charge on any atom is -0.394 e. The van der Waals surface area contributed by atoms with Gasteiger partial charge in [0.2, 0.25) is 5.91 Å². The van der Waals surface area contributed by atoms with Crippen molar-refractivity contribution in [2.45, 2.75) is 25.4 Å². The second-order valence-corrected chi connectivity index (χ2v) is 4.66. The topological polar surface area (TPSA) is 76.4 Å². The molecule has 1 amide bonds. The monoisotopic (exact) mass is 259 g/mol. The molecule has 0 aliphatic carbocycles. The predicted molar refractivity (Wildman–Crippen MR) is 71.6 cm³/mol. The van der Waals surface area contributed by atoms with Crippen LogP contribution in [0.2, 0.25) is 0 Å². The second kappa shape index (κ2) is 5.72. The van der Waals surface area contributed by atoms with Gasteiger partial charge < -0.3 is 15.3 Å². The maximum absolute atomic E-state index is 12.0. The molecule has 0 aromatic heterocycles. The molecule has 2 rings (SSSR count). The van der Waals surface area contributed by atoms with Gasteiger partial charge in [-0.05, 0) is 25.5 Å². The van der Waals surface area contributed by atoms with Crippen LogP contribution in [-0.4, -0.2) is 36.2 Å². The standard InChI is InChI=1S/C14H17N3O2/c1-10-6-7-16-14(19)13(9-18)17(10)12-5-3-2-4-11(12)8-15/h2-5,10,13,18H,6-7,9H2,1H3,(H,16,19). The summed E-state index contributed by atoms with van der Waals surface area (Å²) in [6.45, 7) is 2.31. The van der Waals surface area contributed by atoms with Crippen molar-refractivity contribution < 1.29 is 9.90 Å². The molecule has 5 nitrogen and oxygen atoms in total. The minimum absolute atomic E-state index is 0.0746. The lowest BCUT2D eigenvalue weighted by molar-refractivity contribution is -0.122. The van der Waals surface area contributed by atoms with Crippen LogP contribution in [0, 0.1) is 11.3 Å². The molecule has 0 bridgehead atoms. The Morgan fingerprint density at radius 3 is 2.95 bits per heavy atom. The average Bonchev–Trinajstić information content (AvgIpc) is 2.57. The molecule has 0 saturated carbocycles. The van der Waals surface area contributed by atoms with E-state index in [0.717, 1.165) is 6.42 Å². The van der Waals surface area contributed by atoms with E-state index in [9.17, 15) is 15.2 Å². The van der Waals surface area contributed by atoms with Gasteiger partial charge in [0.1, 0.15) is 12.1 Å². The number of aliphatic hydroxyl groups is 1. The zero-order valence-electron chi connectivity index (χ0n) is 10.8. The van der Waals surface area contributed by atoms with Crippen LogP contribution in [0.15, 0.2) is 24.3 Å². The number of para-hydroxylation sites is 1. The predicted octanol–water partition coefficient (Wildman–Crippen LogP) is 0.634. The van der Waals surface area contributed by atoms with Crippen LogP contribution in [0.25, 0.3) is 0 Å². The molecule has 100 valence electrons. The normalized spacial score (nSPS) is 23.4. The molecule has 0 radical (unpaired) electrons. The second-order valence-electron chi connectivity index (χ2n) is 4.66. The molecule has 1 saturated heterocycles. The van der Waals surface area contributed by atoms with E-state index >= 15 is 0 Å². The highest BCUT2D eigenvalue weighted by atomic mass is 16.3. The van der Waals surface area contributed by atoms with Crippen molar-refractivity contribution >= 4 is 11.6 Å². The van der Waals surface area contributed by atoms with Crippen LogP contribution >= 0.6 is 0 Å². The summed E-state index contributed by atoms with van der Waals surface area (Å²) in [6.07, 6.45) is 0.780. The summed E-state index contributed by atoms with van der Waals surface area (Å²) in [7, 11) is 0. The van der Waals surface area contributed by atoms with E-state index in [1.807, 2.05) is 24.0 Å². The SMILES string of the molecule is CC1CCNC(=O)C(CO)N1c1ccccc1C#N. The van der Waals surface area contributed by atoms with Crippen molar-refractivity contribution in [3.63, 3.8) is 0 Å². The molecule has 0 spiro atoms. The Bertz CT molecular complexity index is 510. The molecule has 2 unspecified atom stereocenters. The number of amides is 1. The zero-order chi connectivity index (χ0) is 13.8. The highest BCUT2D eigenvalue weighted by molar-refractivity contribution is 5.86. The largest absolute Gasteiger partial charge is 0.394 e. The van der Waals surface area contributed by atoms with Gasteiger partial charge in [0.25, 0.3) is 0 Å². The molecule has 1 aromatic rings. The van der Waals surface area contributed by atoms with Crippen LogP contribution < -0.4 is 10.2 Å². The Hall–Kier alpha value is -2.06. The molecule has 1 aromatic carbocycles. The first-order valence-electron chi connectivity index (χ1n) is 6.35. The zero-order valence-corrected chi connectivity index (χ0v) is 10.8. The van der Waals surface area contributed by atoms with Crippen LogP contribution in [0.5, 0.6) is 0 Å². The van der Waals surface area contributed by atoms with E-state index in [2.05, 4.69) is 11.4 Å². The summed E-state index contributed by atoms with van der Waals surface area (Å²) in [5.41, 5.74) is 1.22. The smallest absolute Gasteiger partial charge is 0.245 e. The lowest BCUT2D eigenvalue weighted by atomic mass is 10.1. The van der Waals surface area contributed by atoms with Gasteiger partial charge in [-0.1, -0.05) is 12.1 Å². The Morgan fingerprint density at radius 2 is 2.26 bits per heavy atom. The number of nitrogens with zero attached hydrogens (tertiary/aromatic N) is 2. The Balaban J connectivity index is 2.48. The van der Waals surface area contributed by atoms with Gasteiger partial charge in [0.05, 0.1) is 17.9 Å². The fourth-order valence-corrected chi connectivity index (χ4v) is 2.46. The van der Waals surface area contributed by atoms with E-state index in [-0.39, 0.29) is 18.6 Å². The molecular weight excluding hydrogens is 242 g/mol. The van der Waals surface area contributed by atoms with E-state index < -0.39 is 6.04 Å². The first kappa shape index (κ1) is 13.4. The van der Waals surface area contributed by atoms with Crippen molar-refractivity contribution in [1.82, 2.24) is 5.32 Å². The molecule has 1 aliphatic heterocycles. The summed E-state index contributed by atoms with van der Waals surface area (Å²) < 4.78 is 0. The molecular formula is C14H17N3O2. The number of hydrogen-bond donors (Lipinski definition) is 2. The van der Waals surface area contributed by atoms with Gasteiger partial charge in [-0.25, -0.2) is 0 Å². The lowest BCUT2D eigenvalue weighted by Crippen LogP contribution is -2.49.